The average Bonchev–Trinajstić information content (AvgIpc) is 3.26. The summed E-state index contributed by atoms with van der Waals surface area (Å²) in [6.45, 7) is 5.67. The van der Waals surface area contributed by atoms with Gasteiger partial charge in [0, 0.05) is 16.5 Å². The van der Waals surface area contributed by atoms with Gasteiger partial charge in [-0.1, -0.05) is 36.7 Å². The zero-order chi connectivity index (χ0) is 18.7. The molecule has 5 nitrogen and oxygen atoms in total. The largest absolute Gasteiger partial charge is 0.356 e. The molecule has 0 amide bonds. The van der Waals surface area contributed by atoms with Gasteiger partial charge in [0.1, 0.15) is 0 Å². The molecule has 0 aliphatic heterocycles. The molecule has 0 saturated heterocycles. The second kappa shape index (κ2) is 7.73. The SMILES string of the molecule is CCC[C@H](NS(=O)(=O)c1cc(-c2cc(C)no2)ccc1C)c1cccs1. The Bertz CT molecular complexity index is 976. The van der Waals surface area contributed by atoms with Gasteiger partial charge < -0.3 is 4.52 Å². The van der Waals surface area contributed by atoms with E-state index in [0.29, 0.717) is 16.9 Å². The van der Waals surface area contributed by atoms with Gasteiger partial charge in [0.05, 0.1) is 16.6 Å². The fourth-order valence-corrected chi connectivity index (χ4v) is 5.24. The van der Waals surface area contributed by atoms with Crippen molar-refractivity contribution in [1.29, 1.82) is 0 Å². The maximum atomic E-state index is 13.1. The van der Waals surface area contributed by atoms with Crippen LogP contribution in [0, 0.1) is 13.8 Å². The molecular weight excluding hydrogens is 368 g/mol. The first-order chi connectivity index (χ1) is 12.4. The Balaban J connectivity index is 1.95. The second-order valence-corrected chi connectivity index (χ2v) is 8.95. The molecule has 1 atom stereocenters. The molecule has 2 aromatic heterocycles. The van der Waals surface area contributed by atoms with Crippen LogP contribution in [0.25, 0.3) is 11.3 Å². The van der Waals surface area contributed by atoms with Crippen LogP contribution in [0.15, 0.2) is 51.2 Å². The van der Waals surface area contributed by atoms with Crippen LogP contribution in [0.5, 0.6) is 0 Å². The van der Waals surface area contributed by atoms with Crippen LogP contribution >= 0.6 is 11.3 Å². The minimum Gasteiger partial charge on any atom is -0.356 e. The van der Waals surface area contributed by atoms with E-state index in [-0.39, 0.29) is 10.9 Å². The Kier molecular flexibility index (Phi) is 5.60. The monoisotopic (exact) mass is 390 g/mol. The number of hydrogen-bond donors (Lipinski definition) is 1. The number of nitrogens with zero attached hydrogens (tertiary/aromatic N) is 1. The maximum absolute atomic E-state index is 13.1. The van der Waals surface area contributed by atoms with Crippen molar-refractivity contribution in [2.75, 3.05) is 0 Å². The molecule has 2 heterocycles. The van der Waals surface area contributed by atoms with Crippen molar-refractivity contribution in [1.82, 2.24) is 9.88 Å². The highest BCUT2D eigenvalue weighted by Crippen LogP contribution is 2.29. The van der Waals surface area contributed by atoms with Crippen LogP contribution in [-0.2, 0) is 10.0 Å². The number of rotatable bonds is 7. The molecule has 1 aromatic carbocycles. The number of nitrogens with one attached hydrogen (secondary N) is 1. The van der Waals surface area contributed by atoms with Gasteiger partial charge in [-0.15, -0.1) is 11.3 Å². The lowest BCUT2D eigenvalue weighted by Gasteiger charge is -2.18. The zero-order valence-corrected chi connectivity index (χ0v) is 16.7. The van der Waals surface area contributed by atoms with E-state index in [2.05, 4.69) is 9.88 Å². The molecule has 0 aliphatic rings. The van der Waals surface area contributed by atoms with E-state index in [1.165, 1.54) is 0 Å². The van der Waals surface area contributed by atoms with E-state index in [1.807, 2.05) is 37.4 Å². The first-order valence-corrected chi connectivity index (χ1v) is 10.9. The first-order valence-electron chi connectivity index (χ1n) is 8.51. The zero-order valence-electron chi connectivity index (χ0n) is 15.0. The highest BCUT2D eigenvalue weighted by Gasteiger charge is 2.24. The highest BCUT2D eigenvalue weighted by atomic mass is 32.2. The minimum atomic E-state index is -3.67. The summed E-state index contributed by atoms with van der Waals surface area (Å²) in [4.78, 5) is 1.29. The molecule has 7 heteroatoms. The van der Waals surface area contributed by atoms with E-state index in [0.717, 1.165) is 23.4 Å². The van der Waals surface area contributed by atoms with Gasteiger partial charge >= 0.3 is 0 Å². The Hall–Kier alpha value is -1.96. The molecule has 26 heavy (non-hydrogen) atoms. The van der Waals surface area contributed by atoms with Crippen LogP contribution < -0.4 is 4.72 Å². The normalized spacial score (nSPS) is 13.0. The molecular formula is C19H22N2O3S2. The van der Waals surface area contributed by atoms with Crippen LogP contribution in [0.1, 0.15) is 41.9 Å². The minimum absolute atomic E-state index is 0.222. The summed E-state index contributed by atoms with van der Waals surface area (Å²) in [7, 11) is -3.67. The van der Waals surface area contributed by atoms with Gasteiger partial charge in [-0.2, -0.15) is 0 Å². The average molecular weight is 391 g/mol. The summed E-state index contributed by atoms with van der Waals surface area (Å²) in [5.74, 6) is 0.558. The van der Waals surface area contributed by atoms with E-state index >= 15 is 0 Å². The summed E-state index contributed by atoms with van der Waals surface area (Å²) in [5, 5.41) is 5.84. The van der Waals surface area contributed by atoms with Crippen molar-refractivity contribution in [3.63, 3.8) is 0 Å². The summed E-state index contributed by atoms with van der Waals surface area (Å²) in [6.07, 6.45) is 1.64. The van der Waals surface area contributed by atoms with E-state index < -0.39 is 10.0 Å². The Morgan fingerprint density at radius 1 is 1.23 bits per heavy atom. The molecule has 3 aromatic rings. The fourth-order valence-electron chi connectivity index (χ4n) is 2.83. The highest BCUT2D eigenvalue weighted by molar-refractivity contribution is 7.89. The number of benzene rings is 1. The van der Waals surface area contributed by atoms with Gasteiger partial charge in [0.25, 0.3) is 0 Å². The molecule has 138 valence electrons. The summed E-state index contributed by atoms with van der Waals surface area (Å²) < 4.78 is 34.3. The molecule has 1 N–H and O–H groups in total. The van der Waals surface area contributed by atoms with Gasteiger partial charge in [-0.25, -0.2) is 13.1 Å². The summed E-state index contributed by atoms with van der Waals surface area (Å²) in [6, 6.07) is 10.8. The van der Waals surface area contributed by atoms with Crippen molar-refractivity contribution >= 4 is 21.4 Å². The van der Waals surface area contributed by atoms with Crippen molar-refractivity contribution in [2.24, 2.45) is 0 Å². The summed E-state index contributed by atoms with van der Waals surface area (Å²) >= 11 is 1.56. The van der Waals surface area contributed by atoms with Crippen LogP contribution in [0.3, 0.4) is 0 Å². The third-order valence-corrected chi connectivity index (χ3v) is 6.75. The van der Waals surface area contributed by atoms with Crippen LogP contribution in [0.2, 0.25) is 0 Å². The van der Waals surface area contributed by atoms with E-state index in [9.17, 15) is 8.42 Å². The van der Waals surface area contributed by atoms with Gasteiger partial charge in [0.15, 0.2) is 5.76 Å². The van der Waals surface area contributed by atoms with Crippen molar-refractivity contribution in [2.45, 2.75) is 44.6 Å². The number of thiophene rings is 1. The predicted molar refractivity (Wildman–Crippen MR) is 104 cm³/mol. The number of sulfonamides is 1. The maximum Gasteiger partial charge on any atom is 0.241 e. The molecule has 0 spiro atoms. The van der Waals surface area contributed by atoms with E-state index in [1.54, 1.807) is 36.5 Å². The molecule has 3 rings (SSSR count). The number of hydrogen-bond acceptors (Lipinski definition) is 5. The Morgan fingerprint density at radius 2 is 2.04 bits per heavy atom. The topological polar surface area (TPSA) is 72.2 Å². The van der Waals surface area contributed by atoms with Crippen molar-refractivity contribution < 1.29 is 12.9 Å². The van der Waals surface area contributed by atoms with Crippen LogP contribution in [0.4, 0.5) is 0 Å². The standard InChI is InChI=1S/C19H22N2O3S2/c1-4-6-16(18-7-5-10-25-18)21-26(22,23)19-12-15(9-8-13(19)2)17-11-14(3)20-24-17/h5,7-12,16,21H,4,6H2,1-3H3/t16-/m0/s1. The first kappa shape index (κ1) is 18.8. The van der Waals surface area contributed by atoms with Gasteiger partial charge in [-0.3, -0.25) is 0 Å². The second-order valence-electron chi connectivity index (χ2n) is 6.29. The van der Waals surface area contributed by atoms with E-state index in [4.69, 9.17) is 4.52 Å². The van der Waals surface area contributed by atoms with Crippen LogP contribution in [-0.4, -0.2) is 13.6 Å². The molecule has 0 aliphatic carbocycles. The molecule has 0 unspecified atom stereocenters. The smallest absolute Gasteiger partial charge is 0.241 e. The number of aryl methyl sites for hydroxylation is 2. The third-order valence-electron chi connectivity index (χ3n) is 4.15. The Labute approximate surface area is 158 Å². The predicted octanol–water partition coefficient (Wildman–Crippen LogP) is 4.84. The molecule has 0 radical (unpaired) electrons. The van der Waals surface area contributed by atoms with Gasteiger partial charge in [-0.05, 0) is 43.3 Å². The molecule has 0 bridgehead atoms. The summed E-state index contributed by atoms with van der Waals surface area (Å²) in [5.41, 5.74) is 2.14. The van der Waals surface area contributed by atoms with Crippen molar-refractivity contribution in [3.05, 3.63) is 57.9 Å². The molecule has 0 saturated carbocycles. The number of aromatic nitrogens is 1. The lowest BCUT2D eigenvalue weighted by molar-refractivity contribution is 0.427. The lowest BCUT2D eigenvalue weighted by atomic mass is 10.1. The fraction of sp³-hybridized carbons (Fsp3) is 0.316. The van der Waals surface area contributed by atoms with Crippen molar-refractivity contribution in [3.8, 4) is 11.3 Å². The quantitative estimate of drug-likeness (QED) is 0.626. The lowest BCUT2D eigenvalue weighted by Crippen LogP contribution is -2.28. The Morgan fingerprint density at radius 3 is 2.65 bits per heavy atom. The van der Waals surface area contributed by atoms with Gasteiger partial charge in [0.2, 0.25) is 10.0 Å². The molecule has 0 fully saturated rings. The third kappa shape index (κ3) is 4.06.